The average Bonchev–Trinajstić information content (AvgIpc) is 3.17. The van der Waals surface area contributed by atoms with Crippen LogP contribution in [0.25, 0.3) is 5.69 Å². The molecule has 1 heterocycles. The molecule has 26 heavy (non-hydrogen) atoms. The Morgan fingerprint density at radius 2 is 1.92 bits per heavy atom. The molecule has 0 bridgehead atoms. The molecule has 1 amide bonds. The number of halogens is 2. The van der Waals surface area contributed by atoms with Crippen molar-refractivity contribution in [1.29, 1.82) is 0 Å². The summed E-state index contributed by atoms with van der Waals surface area (Å²) in [6, 6.07) is 13.1. The SMILES string of the molecule is CN(Cc1ccc(OC(F)F)cc1)C(=O)c1ccccc1-n1cnnn1. The molecule has 1 aromatic heterocycles. The summed E-state index contributed by atoms with van der Waals surface area (Å²) in [5.74, 6) is -0.147. The number of aromatic nitrogens is 4. The smallest absolute Gasteiger partial charge is 0.387 e. The normalized spacial score (nSPS) is 10.8. The van der Waals surface area contributed by atoms with E-state index in [4.69, 9.17) is 0 Å². The monoisotopic (exact) mass is 359 g/mol. The minimum absolute atomic E-state index is 0.0711. The van der Waals surface area contributed by atoms with Crippen LogP contribution < -0.4 is 4.74 Å². The summed E-state index contributed by atoms with van der Waals surface area (Å²) in [5.41, 5.74) is 1.79. The summed E-state index contributed by atoms with van der Waals surface area (Å²) in [4.78, 5) is 14.3. The molecule has 0 N–H and O–H groups in total. The quantitative estimate of drug-likeness (QED) is 0.676. The van der Waals surface area contributed by atoms with Gasteiger partial charge >= 0.3 is 6.61 Å². The number of hydrogen-bond acceptors (Lipinski definition) is 5. The topological polar surface area (TPSA) is 73.1 Å². The summed E-state index contributed by atoms with van der Waals surface area (Å²) in [6.07, 6.45) is 1.41. The van der Waals surface area contributed by atoms with Crippen LogP contribution in [0, 0.1) is 0 Å². The van der Waals surface area contributed by atoms with Crippen molar-refractivity contribution in [2.45, 2.75) is 13.2 Å². The van der Waals surface area contributed by atoms with E-state index in [1.807, 2.05) is 0 Å². The van der Waals surface area contributed by atoms with Gasteiger partial charge in [0.25, 0.3) is 5.91 Å². The number of hydrogen-bond donors (Lipinski definition) is 0. The summed E-state index contributed by atoms with van der Waals surface area (Å²) in [5, 5.41) is 11.0. The molecule has 3 aromatic rings. The molecule has 0 fully saturated rings. The summed E-state index contributed by atoms with van der Waals surface area (Å²) < 4.78 is 30.1. The van der Waals surface area contributed by atoms with Crippen LogP contribution in [-0.2, 0) is 6.54 Å². The molecule has 0 atom stereocenters. The largest absolute Gasteiger partial charge is 0.435 e. The van der Waals surface area contributed by atoms with Crippen molar-refractivity contribution in [3.05, 3.63) is 66.0 Å². The average molecular weight is 359 g/mol. The second kappa shape index (κ2) is 7.68. The number of ether oxygens (including phenoxy) is 1. The number of rotatable bonds is 6. The Balaban J connectivity index is 1.75. The van der Waals surface area contributed by atoms with Crippen molar-refractivity contribution in [3.8, 4) is 11.4 Å². The van der Waals surface area contributed by atoms with Gasteiger partial charge in [0.15, 0.2) is 0 Å². The summed E-state index contributed by atoms with van der Waals surface area (Å²) in [6.45, 7) is -2.56. The second-order valence-corrected chi connectivity index (χ2v) is 5.46. The van der Waals surface area contributed by atoms with Crippen molar-refractivity contribution < 1.29 is 18.3 Å². The molecule has 0 saturated heterocycles. The molecule has 7 nitrogen and oxygen atoms in total. The standard InChI is InChI=1S/C17H15F2N5O2/c1-23(10-12-6-8-13(9-7-12)26-17(18)19)16(25)14-4-2-3-5-15(14)24-11-20-21-22-24/h2-9,11,17H,10H2,1H3. The number of amides is 1. The van der Waals surface area contributed by atoms with Gasteiger partial charge in [0, 0.05) is 13.6 Å². The van der Waals surface area contributed by atoms with Gasteiger partial charge in [-0.3, -0.25) is 4.79 Å². The van der Waals surface area contributed by atoms with E-state index in [9.17, 15) is 13.6 Å². The van der Waals surface area contributed by atoms with Crippen LogP contribution in [-0.4, -0.2) is 44.7 Å². The van der Waals surface area contributed by atoms with Crippen molar-refractivity contribution in [1.82, 2.24) is 25.1 Å². The van der Waals surface area contributed by atoms with Gasteiger partial charge in [-0.1, -0.05) is 24.3 Å². The van der Waals surface area contributed by atoms with Crippen molar-refractivity contribution in [3.63, 3.8) is 0 Å². The van der Waals surface area contributed by atoms with Gasteiger partial charge in [0.05, 0.1) is 11.3 Å². The minimum Gasteiger partial charge on any atom is -0.435 e. The number of alkyl halides is 2. The number of tetrazole rings is 1. The van der Waals surface area contributed by atoms with Crippen LogP contribution in [0.15, 0.2) is 54.9 Å². The van der Waals surface area contributed by atoms with E-state index >= 15 is 0 Å². The van der Waals surface area contributed by atoms with Crippen LogP contribution in [0.2, 0.25) is 0 Å². The highest BCUT2D eigenvalue weighted by Gasteiger charge is 2.17. The maximum Gasteiger partial charge on any atom is 0.387 e. The first-order chi connectivity index (χ1) is 12.5. The van der Waals surface area contributed by atoms with Gasteiger partial charge in [-0.05, 0) is 40.3 Å². The third-order valence-corrected chi connectivity index (χ3v) is 3.65. The molecule has 0 aliphatic heterocycles. The molecule has 0 spiro atoms. The highest BCUT2D eigenvalue weighted by atomic mass is 19.3. The minimum atomic E-state index is -2.87. The van der Waals surface area contributed by atoms with Crippen molar-refractivity contribution in [2.24, 2.45) is 0 Å². The van der Waals surface area contributed by atoms with Crippen LogP contribution in [0.4, 0.5) is 8.78 Å². The highest BCUT2D eigenvalue weighted by Crippen LogP contribution is 2.18. The number of carbonyl (C=O) groups excluding carboxylic acids is 1. The van der Waals surface area contributed by atoms with E-state index in [0.717, 1.165) is 5.56 Å². The van der Waals surface area contributed by atoms with E-state index in [2.05, 4.69) is 20.3 Å². The fourth-order valence-corrected chi connectivity index (χ4v) is 2.45. The lowest BCUT2D eigenvalue weighted by atomic mass is 10.1. The van der Waals surface area contributed by atoms with Crippen LogP contribution >= 0.6 is 0 Å². The molecule has 0 radical (unpaired) electrons. The molecular formula is C17H15F2N5O2. The maximum absolute atomic E-state index is 12.8. The fraction of sp³-hybridized carbons (Fsp3) is 0.176. The summed E-state index contributed by atoms with van der Waals surface area (Å²) >= 11 is 0. The Morgan fingerprint density at radius 3 is 2.58 bits per heavy atom. The van der Waals surface area contributed by atoms with E-state index in [-0.39, 0.29) is 11.7 Å². The van der Waals surface area contributed by atoms with E-state index in [0.29, 0.717) is 17.8 Å². The molecule has 0 aliphatic carbocycles. The molecule has 2 aromatic carbocycles. The predicted molar refractivity (Wildman–Crippen MR) is 88.0 cm³/mol. The van der Waals surface area contributed by atoms with Gasteiger partial charge in [0.1, 0.15) is 12.1 Å². The Morgan fingerprint density at radius 1 is 1.19 bits per heavy atom. The zero-order chi connectivity index (χ0) is 18.5. The first-order valence-corrected chi connectivity index (χ1v) is 7.66. The zero-order valence-corrected chi connectivity index (χ0v) is 13.8. The Bertz CT molecular complexity index is 869. The molecule has 3 rings (SSSR count). The van der Waals surface area contributed by atoms with Crippen LogP contribution in [0.5, 0.6) is 5.75 Å². The molecule has 0 aliphatic rings. The van der Waals surface area contributed by atoms with Gasteiger partial charge in [0.2, 0.25) is 0 Å². The Kier molecular flexibility index (Phi) is 5.16. The summed E-state index contributed by atoms with van der Waals surface area (Å²) in [7, 11) is 1.66. The lowest BCUT2D eigenvalue weighted by Gasteiger charge is -2.19. The third-order valence-electron chi connectivity index (χ3n) is 3.65. The first-order valence-electron chi connectivity index (χ1n) is 7.66. The lowest BCUT2D eigenvalue weighted by molar-refractivity contribution is -0.0498. The van der Waals surface area contributed by atoms with E-state index < -0.39 is 6.61 Å². The Labute approximate surface area is 147 Å². The predicted octanol–water partition coefficient (Wildman–Crippen LogP) is 2.54. The van der Waals surface area contributed by atoms with E-state index in [1.165, 1.54) is 28.0 Å². The van der Waals surface area contributed by atoms with Crippen molar-refractivity contribution >= 4 is 5.91 Å². The maximum atomic E-state index is 12.8. The Hall–Kier alpha value is -3.36. The van der Waals surface area contributed by atoms with E-state index in [1.54, 1.807) is 43.4 Å². The first kappa shape index (κ1) is 17.5. The second-order valence-electron chi connectivity index (χ2n) is 5.46. The lowest BCUT2D eigenvalue weighted by Crippen LogP contribution is -2.27. The third kappa shape index (κ3) is 4.00. The number of nitrogens with zero attached hydrogens (tertiary/aromatic N) is 5. The number of carbonyl (C=O) groups is 1. The molecule has 0 unspecified atom stereocenters. The zero-order valence-electron chi connectivity index (χ0n) is 13.8. The van der Waals surface area contributed by atoms with Gasteiger partial charge in [-0.2, -0.15) is 13.5 Å². The molecule has 134 valence electrons. The van der Waals surface area contributed by atoms with Gasteiger partial charge < -0.3 is 9.64 Å². The number of para-hydroxylation sites is 1. The van der Waals surface area contributed by atoms with Crippen LogP contribution in [0.3, 0.4) is 0 Å². The fourth-order valence-electron chi connectivity index (χ4n) is 2.45. The molecular weight excluding hydrogens is 344 g/mol. The van der Waals surface area contributed by atoms with Gasteiger partial charge in [-0.25, -0.2) is 0 Å². The molecule has 9 heteroatoms. The molecule has 0 saturated carbocycles. The van der Waals surface area contributed by atoms with Crippen molar-refractivity contribution in [2.75, 3.05) is 7.05 Å². The van der Waals surface area contributed by atoms with Gasteiger partial charge in [-0.15, -0.1) is 5.10 Å². The van der Waals surface area contributed by atoms with Crippen LogP contribution in [0.1, 0.15) is 15.9 Å². The number of benzene rings is 2. The highest BCUT2D eigenvalue weighted by molar-refractivity contribution is 5.97.